The molecule has 31 heavy (non-hydrogen) atoms. The van der Waals surface area contributed by atoms with E-state index in [9.17, 15) is 9.90 Å². The number of hydrogen-bond acceptors (Lipinski definition) is 3. The lowest BCUT2D eigenvalue weighted by Gasteiger charge is -2.63. The third-order valence-corrected chi connectivity index (χ3v) is 12.7. The average Bonchev–Trinajstić information content (AvgIpc) is 3.27. The van der Waals surface area contributed by atoms with Crippen molar-refractivity contribution in [3.63, 3.8) is 0 Å². The normalized spacial score (nSPS) is 52.9. The van der Waals surface area contributed by atoms with E-state index in [0.29, 0.717) is 40.1 Å². The van der Waals surface area contributed by atoms with Gasteiger partial charge in [0.05, 0.1) is 0 Å². The zero-order chi connectivity index (χ0) is 22.4. The Morgan fingerprint density at radius 2 is 1.61 bits per heavy atom. The maximum atomic E-state index is 11.8. The van der Waals surface area contributed by atoms with E-state index in [1.54, 1.807) is 6.92 Å². The minimum atomic E-state index is -0.108. The van der Waals surface area contributed by atoms with Crippen molar-refractivity contribution in [3.05, 3.63) is 0 Å². The van der Waals surface area contributed by atoms with Crippen LogP contribution in [0.1, 0.15) is 106 Å². The third-order valence-electron chi connectivity index (χ3n) is 12.7. The molecule has 2 spiro atoms. The summed E-state index contributed by atoms with van der Waals surface area (Å²) in [5, 5.41) is 9.60. The summed E-state index contributed by atoms with van der Waals surface area (Å²) in [5.41, 5.74) is 2.03. The Balaban J connectivity index is 1.45. The smallest absolute Gasteiger partial charge is 0.302 e. The number of fused-ring (bicyclic) bond motifs is 2. The summed E-state index contributed by atoms with van der Waals surface area (Å²) in [6.45, 7) is 14.4. The average molecular weight is 431 g/mol. The quantitative estimate of drug-likeness (QED) is 0.527. The summed E-state index contributed by atoms with van der Waals surface area (Å²) >= 11 is 0. The Bertz CT molecular complexity index is 759. The molecular weight excluding hydrogens is 384 g/mol. The summed E-state index contributed by atoms with van der Waals surface area (Å²) in [6.07, 6.45) is 13.0. The van der Waals surface area contributed by atoms with Crippen LogP contribution in [0.4, 0.5) is 0 Å². The monoisotopic (exact) mass is 430 g/mol. The van der Waals surface area contributed by atoms with Gasteiger partial charge in [-0.3, -0.25) is 4.79 Å². The highest BCUT2D eigenvalue weighted by molar-refractivity contribution is 5.66. The predicted octanol–water partition coefficient (Wildman–Crippen LogP) is 6.38. The Morgan fingerprint density at radius 3 is 2.29 bits per heavy atom. The molecule has 0 saturated heterocycles. The maximum absolute atomic E-state index is 11.8. The van der Waals surface area contributed by atoms with Gasteiger partial charge < -0.3 is 9.84 Å². The Hall–Kier alpha value is -0.570. The van der Waals surface area contributed by atoms with E-state index in [2.05, 4.69) is 34.6 Å². The highest BCUT2D eigenvalue weighted by atomic mass is 16.5. The first-order valence-corrected chi connectivity index (χ1v) is 13.3. The van der Waals surface area contributed by atoms with Crippen LogP contribution in [0.2, 0.25) is 0 Å². The molecule has 0 amide bonds. The van der Waals surface area contributed by atoms with Gasteiger partial charge in [0, 0.05) is 18.9 Å². The highest BCUT2D eigenvalue weighted by Crippen LogP contribution is 2.89. The molecule has 9 atom stereocenters. The van der Waals surface area contributed by atoms with Crippen LogP contribution in [-0.2, 0) is 9.53 Å². The number of hydrogen-bond donors (Lipinski definition) is 1. The SMILES string of the molecule is CC(=O)O[C@H]1CC[C@]23C[C@]24CC[C@]2(C)[C@@H]([C@H](C)CCO)CC[C@@]2(C)[C@@H]4CC[C@H]3C1(C)C. The number of aliphatic hydroxyl groups is 1. The minimum Gasteiger partial charge on any atom is -0.462 e. The predicted molar refractivity (Wildman–Crippen MR) is 123 cm³/mol. The zero-order valence-corrected chi connectivity index (χ0v) is 20.9. The number of carbonyl (C=O) groups excluding carboxylic acids is 1. The number of ether oxygens (including phenoxy) is 1. The van der Waals surface area contributed by atoms with Gasteiger partial charge in [0.15, 0.2) is 0 Å². The van der Waals surface area contributed by atoms with Crippen molar-refractivity contribution in [1.82, 2.24) is 0 Å². The summed E-state index contributed by atoms with van der Waals surface area (Å²) in [7, 11) is 0. The van der Waals surface area contributed by atoms with E-state index < -0.39 is 0 Å². The molecule has 0 aliphatic heterocycles. The summed E-state index contributed by atoms with van der Waals surface area (Å²) in [4.78, 5) is 11.8. The lowest BCUT2D eigenvalue weighted by atomic mass is 9.41. The lowest BCUT2D eigenvalue weighted by molar-refractivity contribution is -0.181. The first-order chi connectivity index (χ1) is 14.5. The van der Waals surface area contributed by atoms with Crippen LogP contribution >= 0.6 is 0 Å². The molecule has 3 heteroatoms. The van der Waals surface area contributed by atoms with E-state index in [1.807, 2.05) is 0 Å². The Kier molecular flexibility index (Phi) is 4.83. The molecule has 5 aliphatic carbocycles. The van der Waals surface area contributed by atoms with Crippen molar-refractivity contribution in [3.8, 4) is 0 Å². The van der Waals surface area contributed by atoms with Crippen LogP contribution in [-0.4, -0.2) is 23.8 Å². The molecular formula is C28H46O3. The van der Waals surface area contributed by atoms with Crippen molar-refractivity contribution in [2.75, 3.05) is 6.61 Å². The molecule has 1 N–H and O–H groups in total. The first-order valence-electron chi connectivity index (χ1n) is 13.3. The van der Waals surface area contributed by atoms with Crippen molar-refractivity contribution in [2.24, 2.45) is 50.7 Å². The van der Waals surface area contributed by atoms with Gasteiger partial charge in [-0.25, -0.2) is 0 Å². The Morgan fingerprint density at radius 1 is 0.935 bits per heavy atom. The summed E-state index contributed by atoms with van der Waals surface area (Å²) in [5.74, 6) is 2.86. The lowest BCUT2D eigenvalue weighted by Crippen LogP contribution is -2.58. The van der Waals surface area contributed by atoms with E-state index in [0.717, 1.165) is 24.7 Å². The second-order valence-electron chi connectivity index (χ2n) is 13.6. The van der Waals surface area contributed by atoms with E-state index in [-0.39, 0.29) is 17.5 Å². The Labute approximate surface area is 190 Å². The van der Waals surface area contributed by atoms with Crippen molar-refractivity contribution < 1.29 is 14.6 Å². The highest BCUT2D eigenvalue weighted by Gasteiger charge is 2.82. The van der Waals surface area contributed by atoms with Gasteiger partial charge in [-0.1, -0.05) is 34.6 Å². The van der Waals surface area contributed by atoms with Crippen LogP contribution in [0, 0.1) is 50.7 Å². The second-order valence-corrected chi connectivity index (χ2v) is 13.6. The number of rotatable bonds is 4. The van der Waals surface area contributed by atoms with Crippen LogP contribution in [0.3, 0.4) is 0 Å². The van der Waals surface area contributed by atoms with Crippen LogP contribution in [0.25, 0.3) is 0 Å². The fourth-order valence-corrected chi connectivity index (χ4v) is 11.1. The minimum absolute atomic E-state index is 0.0912. The van der Waals surface area contributed by atoms with E-state index in [1.165, 1.54) is 51.4 Å². The van der Waals surface area contributed by atoms with Crippen molar-refractivity contribution >= 4 is 5.97 Å². The van der Waals surface area contributed by atoms with Crippen LogP contribution in [0.5, 0.6) is 0 Å². The standard InChI is InChI=1S/C28H46O3/c1-18(11-16-29)20-9-12-26(6)22-8-7-21-24(3,4)23(31-19(2)30)10-13-27(21)17-28(22,27)15-14-25(20,26)5/h18,20-23,29H,7-17H2,1-6H3/t18-,20-,21+,22+,23+,25-,26+,27-,28+/m1/s1. The summed E-state index contributed by atoms with van der Waals surface area (Å²) in [6, 6.07) is 0. The molecule has 0 aromatic rings. The molecule has 0 unspecified atom stereocenters. The largest absolute Gasteiger partial charge is 0.462 e. The zero-order valence-electron chi connectivity index (χ0n) is 20.9. The summed E-state index contributed by atoms with van der Waals surface area (Å²) < 4.78 is 5.86. The van der Waals surface area contributed by atoms with Gasteiger partial charge >= 0.3 is 5.97 Å². The molecule has 176 valence electrons. The van der Waals surface area contributed by atoms with Gasteiger partial charge in [0.25, 0.3) is 0 Å². The van der Waals surface area contributed by atoms with Crippen LogP contribution in [0.15, 0.2) is 0 Å². The van der Waals surface area contributed by atoms with E-state index >= 15 is 0 Å². The van der Waals surface area contributed by atoms with Crippen LogP contribution < -0.4 is 0 Å². The fraction of sp³-hybridized carbons (Fsp3) is 0.964. The molecule has 5 aliphatic rings. The molecule has 0 radical (unpaired) electrons. The van der Waals surface area contributed by atoms with Gasteiger partial charge in [-0.2, -0.15) is 0 Å². The third kappa shape index (κ3) is 2.59. The molecule has 3 nitrogen and oxygen atoms in total. The number of esters is 1. The molecule has 5 rings (SSSR count). The fourth-order valence-electron chi connectivity index (χ4n) is 11.1. The number of aliphatic hydroxyl groups excluding tert-OH is 1. The molecule has 0 heterocycles. The molecule has 0 aromatic heterocycles. The molecule has 0 bridgehead atoms. The van der Waals surface area contributed by atoms with Crippen molar-refractivity contribution in [2.45, 2.75) is 112 Å². The topological polar surface area (TPSA) is 46.5 Å². The van der Waals surface area contributed by atoms with Gasteiger partial charge in [-0.15, -0.1) is 0 Å². The first kappa shape index (κ1) is 22.2. The van der Waals surface area contributed by atoms with E-state index in [4.69, 9.17) is 4.74 Å². The second kappa shape index (κ2) is 6.73. The van der Waals surface area contributed by atoms with Gasteiger partial charge in [0.2, 0.25) is 0 Å². The maximum Gasteiger partial charge on any atom is 0.302 e. The molecule has 5 fully saturated rings. The molecule has 0 aromatic carbocycles. The van der Waals surface area contributed by atoms with Gasteiger partial charge in [0.1, 0.15) is 6.10 Å². The van der Waals surface area contributed by atoms with Gasteiger partial charge in [-0.05, 0) is 110 Å². The van der Waals surface area contributed by atoms with Crippen molar-refractivity contribution in [1.29, 1.82) is 0 Å². The number of carbonyl (C=O) groups is 1. The molecule has 5 saturated carbocycles.